The Bertz CT molecular complexity index is 445. The number of rotatable bonds is 1. The van der Waals surface area contributed by atoms with E-state index >= 15 is 0 Å². The van der Waals surface area contributed by atoms with Gasteiger partial charge in [0.2, 0.25) is 5.91 Å². The highest BCUT2D eigenvalue weighted by atomic mass is 127. The fourth-order valence-corrected chi connectivity index (χ4v) is 2.20. The zero-order valence-corrected chi connectivity index (χ0v) is 10.2. The fourth-order valence-electron chi connectivity index (χ4n) is 1.56. The van der Waals surface area contributed by atoms with Crippen LogP contribution < -0.4 is 10.2 Å². The third kappa shape index (κ3) is 1.97. The van der Waals surface area contributed by atoms with Crippen molar-refractivity contribution in [3.63, 3.8) is 0 Å². The monoisotopic (exact) mass is 316 g/mol. The number of carbonyl (C=O) groups is 2. The van der Waals surface area contributed by atoms with Gasteiger partial charge in [-0.25, -0.2) is 4.79 Å². The number of halogens is 1. The second-order valence-electron chi connectivity index (χ2n) is 3.37. The summed E-state index contributed by atoms with van der Waals surface area (Å²) in [7, 11) is 0. The first-order valence-corrected chi connectivity index (χ1v) is 5.53. The number of benzene rings is 1. The molecule has 1 fully saturated rings. The lowest BCUT2D eigenvalue weighted by Crippen LogP contribution is -2.28. The Morgan fingerprint density at radius 3 is 2.67 bits per heavy atom. The van der Waals surface area contributed by atoms with E-state index in [1.54, 1.807) is 0 Å². The van der Waals surface area contributed by atoms with E-state index in [1.807, 2.05) is 25.1 Å². The van der Waals surface area contributed by atoms with Crippen molar-refractivity contribution in [2.45, 2.75) is 6.92 Å². The number of hydrogen-bond acceptors (Lipinski definition) is 2. The molecule has 2 rings (SSSR count). The summed E-state index contributed by atoms with van der Waals surface area (Å²) in [6, 6.07) is 5.41. The molecular weight excluding hydrogens is 307 g/mol. The van der Waals surface area contributed by atoms with E-state index in [9.17, 15) is 9.59 Å². The molecule has 0 unspecified atom stereocenters. The number of hydrogen-bond donors (Lipinski definition) is 1. The number of amides is 3. The van der Waals surface area contributed by atoms with Crippen molar-refractivity contribution in [1.29, 1.82) is 0 Å². The van der Waals surface area contributed by atoms with Crippen molar-refractivity contribution in [3.8, 4) is 0 Å². The van der Waals surface area contributed by atoms with Gasteiger partial charge in [-0.15, -0.1) is 0 Å². The van der Waals surface area contributed by atoms with E-state index in [-0.39, 0.29) is 18.5 Å². The summed E-state index contributed by atoms with van der Waals surface area (Å²) < 4.78 is 1.11. The Labute approximate surface area is 101 Å². The van der Waals surface area contributed by atoms with Crippen molar-refractivity contribution in [2.24, 2.45) is 0 Å². The molecule has 0 aromatic heterocycles. The molecule has 1 aromatic rings. The van der Waals surface area contributed by atoms with Crippen molar-refractivity contribution >= 4 is 40.2 Å². The SMILES string of the molecule is Cc1cc(I)ccc1N1CC(=O)NC1=O. The molecule has 1 heterocycles. The molecule has 0 atom stereocenters. The zero-order chi connectivity index (χ0) is 11.0. The molecule has 1 aromatic carbocycles. The highest BCUT2D eigenvalue weighted by molar-refractivity contribution is 14.1. The molecule has 5 heteroatoms. The van der Waals surface area contributed by atoms with Crippen LogP contribution in [0.15, 0.2) is 18.2 Å². The smallest absolute Gasteiger partial charge is 0.284 e. The zero-order valence-electron chi connectivity index (χ0n) is 8.08. The maximum Gasteiger partial charge on any atom is 0.329 e. The summed E-state index contributed by atoms with van der Waals surface area (Å²) in [5.74, 6) is -0.252. The molecule has 0 spiro atoms. The molecule has 1 saturated heterocycles. The summed E-state index contributed by atoms with van der Waals surface area (Å²) in [4.78, 5) is 23.9. The molecule has 4 nitrogen and oxygen atoms in total. The molecule has 0 saturated carbocycles. The van der Waals surface area contributed by atoms with Crippen LogP contribution in [0.4, 0.5) is 10.5 Å². The Morgan fingerprint density at radius 2 is 2.13 bits per heavy atom. The number of imide groups is 1. The van der Waals surface area contributed by atoms with Crippen LogP contribution in [0.2, 0.25) is 0 Å². The van der Waals surface area contributed by atoms with Crippen molar-refractivity contribution < 1.29 is 9.59 Å². The van der Waals surface area contributed by atoms with Gasteiger partial charge >= 0.3 is 6.03 Å². The first-order chi connectivity index (χ1) is 7.08. The Hall–Kier alpha value is -1.11. The molecule has 1 aliphatic heterocycles. The lowest BCUT2D eigenvalue weighted by atomic mass is 10.2. The second kappa shape index (κ2) is 3.80. The number of nitrogens with one attached hydrogen (secondary N) is 1. The van der Waals surface area contributed by atoms with Gasteiger partial charge in [-0.1, -0.05) is 0 Å². The van der Waals surface area contributed by atoms with Crippen LogP contribution in [0, 0.1) is 10.5 Å². The largest absolute Gasteiger partial charge is 0.329 e. The lowest BCUT2D eigenvalue weighted by molar-refractivity contribution is -0.117. The van der Waals surface area contributed by atoms with E-state index in [0.29, 0.717) is 0 Å². The topological polar surface area (TPSA) is 49.4 Å². The molecule has 1 N–H and O–H groups in total. The first-order valence-electron chi connectivity index (χ1n) is 4.45. The van der Waals surface area contributed by atoms with Gasteiger partial charge in [0.1, 0.15) is 6.54 Å². The van der Waals surface area contributed by atoms with E-state index < -0.39 is 0 Å². The molecule has 0 aliphatic carbocycles. The summed E-state index contributed by atoms with van der Waals surface area (Å²) in [5, 5.41) is 2.25. The Balaban J connectivity index is 2.38. The van der Waals surface area contributed by atoms with Gasteiger partial charge in [0.05, 0.1) is 0 Å². The van der Waals surface area contributed by atoms with E-state index in [2.05, 4.69) is 27.9 Å². The summed E-state index contributed by atoms with van der Waals surface area (Å²) in [5.41, 5.74) is 1.78. The maximum atomic E-state index is 11.4. The minimum atomic E-state index is -0.343. The number of anilines is 1. The fraction of sp³-hybridized carbons (Fsp3) is 0.200. The summed E-state index contributed by atoms with van der Waals surface area (Å²) in [6.07, 6.45) is 0. The number of nitrogens with zero attached hydrogens (tertiary/aromatic N) is 1. The molecule has 0 radical (unpaired) electrons. The number of aryl methyl sites for hydroxylation is 1. The van der Waals surface area contributed by atoms with Crippen LogP contribution in [0.3, 0.4) is 0 Å². The molecule has 15 heavy (non-hydrogen) atoms. The van der Waals surface area contributed by atoms with Gasteiger partial charge in [-0.2, -0.15) is 0 Å². The molecular formula is C10H9IN2O2. The van der Waals surface area contributed by atoms with Crippen LogP contribution in [-0.4, -0.2) is 18.5 Å². The highest BCUT2D eigenvalue weighted by Crippen LogP contribution is 2.23. The van der Waals surface area contributed by atoms with Crippen LogP contribution in [0.5, 0.6) is 0 Å². The van der Waals surface area contributed by atoms with Crippen molar-refractivity contribution in [3.05, 3.63) is 27.3 Å². The standard InChI is InChI=1S/C10H9IN2O2/c1-6-4-7(11)2-3-8(6)13-5-9(14)12-10(13)15/h2-4H,5H2,1H3,(H,12,14,15). The van der Waals surface area contributed by atoms with Crippen LogP contribution in [0.1, 0.15) is 5.56 Å². The van der Waals surface area contributed by atoms with Crippen LogP contribution >= 0.6 is 22.6 Å². The summed E-state index contributed by atoms with van der Waals surface area (Å²) >= 11 is 2.21. The van der Waals surface area contributed by atoms with Gasteiger partial charge in [-0.05, 0) is 53.3 Å². The maximum absolute atomic E-state index is 11.4. The normalized spacial score (nSPS) is 15.7. The van der Waals surface area contributed by atoms with Gasteiger partial charge in [-0.3, -0.25) is 15.0 Å². The van der Waals surface area contributed by atoms with E-state index in [1.165, 1.54) is 4.90 Å². The third-order valence-corrected chi connectivity index (χ3v) is 2.91. The average molecular weight is 316 g/mol. The van der Waals surface area contributed by atoms with Crippen LogP contribution in [0.25, 0.3) is 0 Å². The summed E-state index contributed by atoms with van der Waals surface area (Å²) in [6.45, 7) is 2.04. The molecule has 3 amide bonds. The van der Waals surface area contributed by atoms with E-state index in [4.69, 9.17) is 0 Å². The van der Waals surface area contributed by atoms with Gasteiger partial charge in [0.25, 0.3) is 0 Å². The van der Waals surface area contributed by atoms with Crippen molar-refractivity contribution in [2.75, 3.05) is 11.4 Å². The third-order valence-electron chi connectivity index (χ3n) is 2.24. The first kappa shape index (κ1) is 10.4. The predicted octanol–water partition coefficient (Wildman–Crippen LogP) is 1.66. The molecule has 0 bridgehead atoms. The van der Waals surface area contributed by atoms with Gasteiger partial charge in [0, 0.05) is 9.26 Å². The Kier molecular flexibility index (Phi) is 2.64. The number of carbonyl (C=O) groups excluding carboxylic acids is 2. The number of urea groups is 1. The second-order valence-corrected chi connectivity index (χ2v) is 4.62. The minimum absolute atomic E-state index is 0.111. The lowest BCUT2D eigenvalue weighted by Gasteiger charge is -2.15. The van der Waals surface area contributed by atoms with Gasteiger partial charge in [0.15, 0.2) is 0 Å². The minimum Gasteiger partial charge on any atom is -0.284 e. The quantitative estimate of drug-likeness (QED) is 0.633. The predicted molar refractivity (Wildman–Crippen MR) is 64.8 cm³/mol. The highest BCUT2D eigenvalue weighted by Gasteiger charge is 2.28. The van der Waals surface area contributed by atoms with Crippen molar-refractivity contribution in [1.82, 2.24) is 5.32 Å². The molecule has 78 valence electrons. The van der Waals surface area contributed by atoms with Crippen LogP contribution in [-0.2, 0) is 4.79 Å². The molecule has 1 aliphatic rings. The van der Waals surface area contributed by atoms with E-state index in [0.717, 1.165) is 14.8 Å². The van der Waals surface area contributed by atoms with Gasteiger partial charge < -0.3 is 0 Å². The average Bonchev–Trinajstić information content (AvgIpc) is 2.45. The Morgan fingerprint density at radius 1 is 1.40 bits per heavy atom.